The highest BCUT2D eigenvalue weighted by Crippen LogP contribution is 2.17. The molecule has 0 saturated carbocycles. The molecule has 0 aromatic carbocycles. The van der Waals surface area contributed by atoms with Crippen LogP contribution < -0.4 is 5.73 Å². The molecular formula is C10H24N2. The Bertz CT molecular complexity index is 112. The van der Waals surface area contributed by atoms with Crippen LogP contribution >= 0.6 is 0 Å². The Balaban J connectivity index is 3.80. The van der Waals surface area contributed by atoms with Gasteiger partial charge in [-0.05, 0) is 26.9 Å². The number of hydrogen-bond donors (Lipinski definition) is 1. The molecule has 0 aliphatic rings. The molecule has 0 bridgehead atoms. The largest absolute Gasteiger partial charge is 0.313 e. The van der Waals surface area contributed by atoms with E-state index in [4.69, 9.17) is 5.73 Å². The van der Waals surface area contributed by atoms with Crippen LogP contribution in [0.4, 0.5) is 0 Å². The molecule has 0 radical (unpaired) electrons. The third-order valence-electron chi connectivity index (χ3n) is 2.72. The van der Waals surface area contributed by atoms with Gasteiger partial charge < -0.3 is 5.73 Å². The number of rotatable bonds is 6. The molecule has 1 unspecified atom stereocenters. The Kier molecular flexibility index (Phi) is 5.51. The summed E-state index contributed by atoms with van der Waals surface area (Å²) in [5.74, 6) is 0. The van der Waals surface area contributed by atoms with Gasteiger partial charge in [0.2, 0.25) is 0 Å². The minimum absolute atomic E-state index is 0.0742. The highest BCUT2D eigenvalue weighted by Gasteiger charge is 2.23. The maximum Gasteiger partial charge on any atom is 0.0679 e. The van der Waals surface area contributed by atoms with Crippen molar-refractivity contribution in [3.63, 3.8) is 0 Å². The fraction of sp³-hybridized carbons (Fsp3) is 1.00. The third kappa shape index (κ3) is 3.55. The van der Waals surface area contributed by atoms with Gasteiger partial charge >= 0.3 is 0 Å². The summed E-state index contributed by atoms with van der Waals surface area (Å²) in [4.78, 5) is 2.14. The highest BCUT2D eigenvalue weighted by molar-refractivity contribution is 4.78. The van der Waals surface area contributed by atoms with Crippen molar-refractivity contribution < 1.29 is 0 Å². The summed E-state index contributed by atoms with van der Waals surface area (Å²) in [6.07, 6.45) is 5.97. The van der Waals surface area contributed by atoms with Gasteiger partial charge in [-0.2, -0.15) is 0 Å². The molecule has 1 atom stereocenters. The standard InChI is InChI=1S/C10H24N2/c1-5-7-8-9-10(11,6-2)12(3)4/h5-9,11H2,1-4H3. The Morgan fingerprint density at radius 2 is 1.75 bits per heavy atom. The first-order chi connectivity index (χ1) is 5.56. The molecule has 2 N–H and O–H groups in total. The predicted octanol–water partition coefficient (Wildman–Crippen LogP) is 2.19. The lowest BCUT2D eigenvalue weighted by Crippen LogP contribution is -2.51. The number of unbranched alkanes of at least 4 members (excludes halogenated alkanes) is 2. The van der Waals surface area contributed by atoms with Gasteiger partial charge in [-0.25, -0.2) is 0 Å². The van der Waals surface area contributed by atoms with Gasteiger partial charge in [0.25, 0.3) is 0 Å². The molecule has 2 heteroatoms. The average Bonchev–Trinajstić information content (AvgIpc) is 2.04. The summed E-state index contributed by atoms with van der Waals surface area (Å²) in [6.45, 7) is 4.38. The molecule has 74 valence electrons. The average molecular weight is 172 g/mol. The van der Waals surface area contributed by atoms with E-state index in [1.165, 1.54) is 19.3 Å². The van der Waals surface area contributed by atoms with E-state index >= 15 is 0 Å². The van der Waals surface area contributed by atoms with Gasteiger partial charge in [-0.3, -0.25) is 4.90 Å². The van der Waals surface area contributed by atoms with Crippen LogP contribution in [0.2, 0.25) is 0 Å². The Morgan fingerprint density at radius 3 is 2.08 bits per heavy atom. The van der Waals surface area contributed by atoms with E-state index < -0.39 is 0 Å². The predicted molar refractivity (Wildman–Crippen MR) is 55.0 cm³/mol. The van der Waals surface area contributed by atoms with Crippen LogP contribution in [0.5, 0.6) is 0 Å². The molecule has 0 fully saturated rings. The first kappa shape index (κ1) is 11.9. The van der Waals surface area contributed by atoms with Crippen LogP contribution in [0.25, 0.3) is 0 Å². The fourth-order valence-electron chi connectivity index (χ4n) is 1.40. The minimum atomic E-state index is -0.0742. The summed E-state index contributed by atoms with van der Waals surface area (Å²) < 4.78 is 0. The molecule has 0 spiro atoms. The lowest BCUT2D eigenvalue weighted by molar-refractivity contribution is 0.136. The van der Waals surface area contributed by atoms with Crippen LogP contribution in [0.1, 0.15) is 46.0 Å². The van der Waals surface area contributed by atoms with Gasteiger partial charge in [0.05, 0.1) is 5.66 Å². The number of hydrogen-bond acceptors (Lipinski definition) is 2. The summed E-state index contributed by atoms with van der Waals surface area (Å²) in [6, 6.07) is 0. The lowest BCUT2D eigenvalue weighted by atomic mass is 9.99. The van der Waals surface area contributed by atoms with Crippen molar-refractivity contribution >= 4 is 0 Å². The monoisotopic (exact) mass is 172 g/mol. The maximum atomic E-state index is 6.21. The Morgan fingerprint density at radius 1 is 1.17 bits per heavy atom. The lowest BCUT2D eigenvalue weighted by Gasteiger charge is -2.35. The van der Waals surface area contributed by atoms with Crippen LogP contribution in [0.15, 0.2) is 0 Å². The molecule has 0 amide bonds. The van der Waals surface area contributed by atoms with E-state index in [1.54, 1.807) is 0 Å². The molecule has 0 heterocycles. The van der Waals surface area contributed by atoms with Crippen molar-refractivity contribution in [1.29, 1.82) is 0 Å². The second-order valence-corrected chi connectivity index (χ2v) is 3.81. The summed E-state index contributed by atoms with van der Waals surface area (Å²) in [5.41, 5.74) is 6.13. The second-order valence-electron chi connectivity index (χ2n) is 3.81. The second kappa shape index (κ2) is 5.55. The summed E-state index contributed by atoms with van der Waals surface area (Å²) >= 11 is 0. The number of nitrogens with zero attached hydrogens (tertiary/aromatic N) is 1. The van der Waals surface area contributed by atoms with E-state index in [0.717, 1.165) is 12.8 Å². The molecule has 0 aromatic heterocycles. The van der Waals surface area contributed by atoms with Crippen LogP contribution in [-0.4, -0.2) is 24.7 Å². The van der Waals surface area contributed by atoms with Crippen LogP contribution in [0, 0.1) is 0 Å². The van der Waals surface area contributed by atoms with Crippen LogP contribution in [-0.2, 0) is 0 Å². The zero-order valence-electron chi connectivity index (χ0n) is 9.06. The molecule has 2 nitrogen and oxygen atoms in total. The Hall–Kier alpha value is -0.0800. The summed E-state index contributed by atoms with van der Waals surface area (Å²) in [7, 11) is 4.13. The zero-order valence-corrected chi connectivity index (χ0v) is 9.06. The van der Waals surface area contributed by atoms with Crippen molar-refractivity contribution in [3.05, 3.63) is 0 Å². The van der Waals surface area contributed by atoms with Crippen molar-refractivity contribution in [3.8, 4) is 0 Å². The Labute approximate surface area is 77.1 Å². The van der Waals surface area contributed by atoms with Crippen LogP contribution in [0.3, 0.4) is 0 Å². The van der Waals surface area contributed by atoms with Crippen molar-refractivity contribution in [2.24, 2.45) is 5.73 Å². The van der Waals surface area contributed by atoms with Gasteiger partial charge in [0.15, 0.2) is 0 Å². The molecular weight excluding hydrogens is 148 g/mol. The third-order valence-corrected chi connectivity index (χ3v) is 2.72. The highest BCUT2D eigenvalue weighted by atomic mass is 15.2. The smallest absolute Gasteiger partial charge is 0.0679 e. The molecule has 0 rings (SSSR count). The molecule has 0 aromatic rings. The first-order valence-corrected chi connectivity index (χ1v) is 5.03. The van der Waals surface area contributed by atoms with Crippen molar-refractivity contribution in [2.75, 3.05) is 14.1 Å². The quantitative estimate of drug-likeness (QED) is 0.491. The van der Waals surface area contributed by atoms with E-state index in [-0.39, 0.29) is 5.66 Å². The van der Waals surface area contributed by atoms with Gasteiger partial charge in [-0.1, -0.05) is 33.1 Å². The van der Waals surface area contributed by atoms with Crippen molar-refractivity contribution in [2.45, 2.75) is 51.6 Å². The fourth-order valence-corrected chi connectivity index (χ4v) is 1.40. The van der Waals surface area contributed by atoms with E-state index in [9.17, 15) is 0 Å². The van der Waals surface area contributed by atoms with Gasteiger partial charge in [0, 0.05) is 0 Å². The first-order valence-electron chi connectivity index (χ1n) is 5.03. The molecule has 12 heavy (non-hydrogen) atoms. The molecule has 0 aliphatic carbocycles. The zero-order chi connectivity index (χ0) is 9.61. The van der Waals surface area contributed by atoms with Gasteiger partial charge in [0.1, 0.15) is 0 Å². The minimum Gasteiger partial charge on any atom is -0.313 e. The normalized spacial score (nSPS) is 16.5. The maximum absolute atomic E-state index is 6.21. The van der Waals surface area contributed by atoms with Crippen molar-refractivity contribution in [1.82, 2.24) is 4.90 Å². The topological polar surface area (TPSA) is 29.3 Å². The molecule has 0 saturated heterocycles. The van der Waals surface area contributed by atoms with Gasteiger partial charge in [-0.15, -0.1) is 0 Å². The number of nitrogens with two attached hydrogens (primary N) is 1. The summed E-state index contributed by atoms with van der Waals surface area (Å²) in [5, 5.41) is 0. The van der Waals surface area contributed by atoms with E-state index in [0.29, 0.717) is 0 Å². The van der Waals surface area contributed by atoms with E-state index in [1.807, 2.05) is 0 Å². The SMILES string of the molecule is CCCCCC(N)(CC)N(C)C. The molecule has 0 aliphatic heterocycles. The van der Waals surface area contributed by atoms with E-state index in [2.05, 4.69) is 32.8 Å².